The molecule has 0 unspecified atom stereocenters. The highest BCUT2D eigenvalue weighted by Crippen LogP contribution is 2.37. The number of amides is 1. The fourth-order valence-electron chi connectivity index (χ4n) is 3.15. The number of benzene rings is 2. The third-order valence-electron chi connectivity index (χ3n) is 4.97. The summed E-state index contributed by atoms with van der Waals surface area (Å²) in [5.74, 6) is -8.64. The Balaban J connectivity index is 1.77. The van der Waals surface area contributed by atoms with E-state index in [-0.39, 0.29) is 18.1 Å². The number of carbonyl (C=O) groups is 2. The van der Waals surface area contributed by atoms with Gasteiger partial charge in [-0.3, -0.25) is 4.79 Å². The number of nitrogens with zero attached hydrogens (tertiary/aromatic N) is 1. The van der Waals surface area contributed by atoms with Crippen LogP contribution in [0.5, 0.6) is 0 Å². The van der Waals surface area contributed by atoms with Gasteiger partial charge in [-0.05, 0) is 41.3 Å². The third-order valence-corrected chi connectivity index (χ3v) is 4.97. The predicted octanol–water partition coefficient (Wildman–Crippen LogP) is 5.59. The lowest BCUT2D eigenvalue weighted by atomic mass is 9.98. The Hall–Kier alpha value is -4.02. The molecule has 0 spiro atoms. The second kappa shape index (κ2) is 10.1. The maximum absolute atomic E-state index is 13.4. The molecule has 0 saturated heterocycles. The van der Waals surface area contributed by atoms with Crippen LogP contribution >= 0.6 is 0 Å². The lowest BCUT2D eigenvalue weighted by molar-refractivity contribution is -0.267. The van der Waals surface area contributed by atoms with E-state index >= 15 is 0 Å². The van der Waals surface area contributed by atoms with Crippen molar-refractivity contribution in [2.45, 2.75) is 25.6 Å². The van der Waals surface area contributed by atoms with Gasteiger partial charge in [-0.15, -0.1) is 0 Å². The van der Waals surface area contributed by atoms with Gasteiger partial charge in [-0.25, -0.2) is 9.78 Å². The number of anilines is 2. The van der Waals surface area contributed by atoms with E-state index < -0.39 is 24.0 Å². The number of halogens is 5. The van der Waals surface area contributed by atoms with Gasteiger partial charge in [0.1, 0.15) is 5.82 Å². The molecule has 3 rings (SSSR count). The predicted molar refractivity (Wildman–Crippen MR) is 119 cm³/mol. The van der Waals surface area contributed by atoms with Crippen molar-refractivity contribution in [2.24, 2.45) is 0 Å². The van der Waals surface area contributed by atoms with Crippen LogP contribution in [-0.4, -0.2) is 36.1 Å². The van der Waals surface area contributed by atoms with E-state index in [1.807, 2.05) is 0 Å². The number of alkyl halides is 5. The molecule has 2 aromatic carbocycles. The normalized spacial score (nSPS) is 11.6. The molecule has 0 aliphatic rings. The molecule has 0 saturated carbocycles. The molecule has 0 bridgehead atoms. The average molecular weight is 493 g/mol. The summed E-state index contributed by atoms with van der Waals surface area (Å²) in [6, 6.07) is 15.1. The summed E-state index contributed by atoms with van der Waals surface area (Å²) in [5.41, 5.74) is 2.63. The van der Waals surface area contributed by atoms with Crippen molar-refractivity contribution in [3.8, 4) is 11.1 Å². The summed E-state index contributed by atoms with van der Waals surface area (Å²) in [6.07, 6.45) is -4.66. The minimum atomic E-state index is -6.03. The van der Waals surface area contributed by atoms with Gasteiger partial charge in [-0.1, -0.05) is 42.5 Å². The van der Waals surface area contributed by atoms with Crippen LogP contribution in [0.15, 0.2) is 60.8 Å². The van der Waals surface area contributed by atoms with Gasteiger partial charge in [0.2, 0.25) is 0 Å². The number of ether oxygens (including phenoxy) is 1. The topological polar surface area (TPSA) is 80.3 Å². The van der Waals surface area contributed by atoms with Gasteiger partial charge in [0, 0.05) is 12.7 Å². The molecule has 1 amide bonds. The van der Waals surface area contributed by atoms with E-state index in [4.69, 9.17) is 4.74 Å². The van der Waals surface area contributed by atoms with Crippen molar-refractivity contribution in [2.75, 3.05) is 17.7 Å². The Labute approximate surface area is 197 Å². The zero-order valence-electron chi connectivity index (χ0n) is 18.5. The van der Waals surface area contributed by atoms with Crippen molar-refractivity contribution < 1.29 is 36.3 Å². The number of methoxy groups -OCH3 is 1. The van der Waals surface area contributed by atoms with Crippen molar-refractivity contribution in [1.82, 2.24) is 4.98 Å². The minimum absolute atomic E-state index is 0.0814. The van der Waals surface area contributed by atoms with E-state index in [9.17, 15) is 31.5 Å². The van der Waals surface area contributed by atoms with Crippen LogP contribution in [0.2, 0.25) is 0 Å². The molecule has 35 heavy (non-hydrogen) atoms. The van der Waals surface area contributed by atoms with Crippen LogP contribution in [-0.2, 0) is 16.1 Å². The molecular formula is C24H20F5N3O3. The molecule has 0 fully saturated rings. The fourth-order valence-corrected chi connectivity index (χ4v) is 3.15. The maximum Gasteiger partial charge on any atom is 0.463 e. The van der Waals surface area contributed by atoms with Crippen LogP contribution in [0.1, 0.15) is 21.5 Å². The van der Waals surface area contributed by atoms with Gasteiger partial charge in [0.25, 0.3) is 0 Å². The highest BCUT2D eigenvalue weighted by atomic mass is 19.4. The zero-order valence-corrected chi connectivity index (χ0v) is 18.5. The molecule has 0 aliphatic carbocycles. The maximum atomic E-state index is 13.4. The smallest absolute Gasteiger partial charge is 0.463 e. The number of nitrogens with one attached hydrogen (secondary N) is 2. The molecular weight excluding hydrogens is 473 g/mol. The Morgan fingerprint density at radius 1 is 1.00 bits per heavy atom. The number of hydrogen-bond acceptors (Lipinski definition) is 5. The monoisotopic (exact) mass is 493 g/mol. The lowest BCUT2D eigenvalue weighted by Gasteiger charge is -2.20. The van der Waals surface area contributed by atoms with Crippen molar-refractivity contribution in [3.63, 3.8) is 0 Å². The number of pyridine rings is 1. The second-order valence-corrected chi connectivity index (χ2v) is 7.52. The Morgan fingerprint density at radius 3 is 2.29 bits per heavy atom. The van der Waals surface area contributed by atoms with Gasteiger partial charge < -0.3 is 15.4 Å². The molecule has 11 heteroatoms. The SMILES string of the molecule is COC(=O)c1ccccc1-c1ccc(CNc2ncc(C)cc2NC(=O)C(F)(F)C(F)(F)F)cc1. The highest BCUT2D eigenvalue weighted by molar-refractivity contribution is 5.99. The van der Waals surface area contributed by atoms with E-state index in [2.05, 4.69) is 10.3 Å². The van der Waals surface area contributed by atoms with E-state index in [0.29, 0.717) is 22.3 Å². The molecule has 0 atom stereocenters. The van der Waals surface area contributed by atoms with Crippen molar-refractivity contribution in [1.29, 1.82) is 0 Å². The standard InChI is InChI=1S/C24H20F5N3O3/c1-14-11-19(32-22(34)23(25,26)24(27,28)29)20(30-12-14)31-13-15-7-9-16(10-8-15)17-5-3-4-6-18(17)21(33)35-2/h3-12H,13H2,1-2H3,(H,30,31)(H,32,34). The fraction of sp³-hybridized carbons (Fsp3) is 0.208. The molecule has 2 N–H and O–H groups in total. The first-order chi connectivity index (χ1) is 16.4. The molecule has 1 heterocycles. The summed E-state index contributed by atoms with van der Waals surface area (Å²) in [4.78, 5) is 27.6. The summed E-state index contributed by atoms with van der Waals surface area (Å²) < 4.78 is 69.1. The molecule has 6 nitrogen and oxygen atoms in total. The summed E-state index contributed by atoms with van der Waals surface area (Å²) in [6.45, 7) is 1.66. The number of hydrogen-bond donors (Lipinski definition) is 2. The number of carbonyl (C=O) groups excluding carboxylic acids is 2. The highest BCUT2D eigenvalue weighted by Gasteiger charge is 2.63. The molecule has 3 aromatic rings. The molecule has 0 aliphatic heterocycles. The molecule has 0 radical (unpaired) electrons. The Bertz CT molecular complexity index is 1230. The van der Waals surface area contributed by atoms with Gasteiger partial charge >= 0.3 is 24.0 Å². The van der Waals surface area contributed by atoms with Crippen LogP contribution in [0.4, 0.5) is 33.5 Å². The zero-order chi connectivity index (χ0) is 25.8. The van der Waals surface area contributed by atoms with Crippen LogP contribution in [0.3, 0.4) is 0 Å². The Kier molecular flexibility index (Phi) is 7.37. The molecule has 184 valence electrons. The number of aryl methyl sites for hydroxylation is 1. The first-order valence-corrected chi connectivity index (χ1v) is 10.2. The first kappa shape index (κ1) is 25.6. The van der Waals surface area contributed by atoms with Crippen LogP contribution in [0.25, 0.3) is 11.1 Å². The van der Waals surface area contributed by atoms with Gasteiger partial charge in [0.05, 0.1) is 18.4 Å². The van der Waals surface area contributed by atoms with Crippen LogP contribution < -0.4 is 10.6 Å². The number of aromatic nitrogens is 1. The minimum Gasteiger partial charge on any atom is -0.465 e. The van der Waals surface area contributed by atoms with Gasteiger partial charge in [-0.2, -0.15) is 22.0 Å². The number of rotatable bonds is 7. The first-order valence-electron chi connectivity index (χ1n) is 10.2. The van der Waals surface area contributed by atoms with Gasteiger partial charge in [0.15, 0.2) is 0 Å². The second-order valence-electron chi connectivity index (χ2n) is 7.52. The quantitative estimate of drug-likeness (QED) is 0.331. The van der Waals surface area contributed by atoms with Crippen molar-refractivity contribution >= 4 is 23.4 Å². The largest absolute Gasteiger partial charge is 0.465 e. The van der Waals surface area contributed by atoms with Crippen molar-refractivity contribution in [3.05, 3.63) is 77.5 Å². The lowest BCUT2D eigenvalue weighted by Crippen LogP contribution is -2.47. The summed E-state index contributed by atoms with van der Waals surface area (Å²) >= 11 is 0. The van der Waals surface area contributed by atoms with E-state index in [1.165, 1.54) is 19.4 Å². The van der Waals surface area contributed by atoms with Crippen LogP contribution in [0, 0.1) is 6.92 Å². The van der Waals surface area contributed by atoms with E-state index in [0.717, 1.165) is 5.56 Å². The third kappa shape index (κ3) is 5.73. The number of esters is 1. The Morgan fingerprint density at radius 2 is 1.66 bits per heavy atom. The molecule has 1 aromatic heterocycles. The summed E-state index contributed by atoms with van der Waals surface area (Å²) in [5, 5.41) is 4.43. The van der Waals surface area contributed by atoms with E-state index in [1.54, 1.807) is 60.8 Å². The summed E-state index contributed by atoms with van der Waals surface area (Å²) in [7, 11) is 1.29. The average Bonchev–Trinajstić information content (AvgIpc) is 2.82.